The van der Waals surface area contributed by atoms with Crippen LogP contribution in [0.15, 0.2) is 12.2 Å². The molecule has 3 aliphatic rings. The van der Waals surface area contributed by atoms with Crippen molar-refractivity contribution in [2.45, 2.75) is 71.7 Å². The lowest BCUT2D eigenvalue weighted by Gasteiger charge is -2.43. The summed E-state index contributed by atoms with van der Waals surface area (Å²) in [6, 6.07) is 0. The van der Waals surface area contributed by atoms with Crippen molar-refractivity contribution in [3.63, 3.8) is 0 Å². The van der Waals surface area contributed by atoms with Crippen LogP contribution in [0.1, 0.15) is 53.9 Å². The second-order valence-corrected chi connectivity index (χ2v) is 8.80. The Kier molecular flexibility index (Phi) is 3.69. The summed E-state index contributed by atoms with van der Waals surface area (Å²) in [5.74, 6) is -0.694. The molecule has 0 bridgehead atoms. The fourth-order valence-corrected chi connectivity index (χ4v) is 6.22. The Morgan fingerprint density at radius 2 is 1.71 bits per heavy atom. The second-order valence-electron chi connectivity index (χ2n) is 8.80. The van der Waals surface area contributed by atoms with Crippen LogP contribution in [0.4, 0.5) is 0 Å². The minimum absolute atomic E-state index is 0.0295. The van der Waals surface area contributed by atoms with Crippen LogP contribution < -0.4 is 0 Å². The third kappa shape index (κ3) is 2.17. The molecular weight excluding hydrogens is 308 g/mol. The van der Waals surface area contributed by atoms with Gasteiger partial charge in [-0.1, -0.05) is 27.4 Å². The Balaban J connectivity index is 1.97. The van der Waals surface area contributed by atoms with E-state index >= 15 is 0 Å². The zero-order chi connectivity index (χ0) is 18.1. The maximum atomic E-state index is 11.7. The van der Waals surface area contributed by atoms with Crippen LogP contribution in [-0.4, -0.2) is 34.9 Å². The van der Waals surface area contributed by atoms with Gasteiger partial charge in [-0.3, -0.25) is 9.59 Å². The summed E-state index contributed by atoms with van der Waals surface area (Å²) in [7, 11) is 0. The fourth-order valence-electron chi connectivity index (χ4n) is 6.22. The highest BCUT2D eigenvalue weighted by molar-refractivity contribution is 5.67. The van der Waals surface area contributed by atoms with E-state index in [4.69, 9.17) is 9.47 Å². The van der Waals surface area contributed by atoms with Gasteiger partial charge in [0, 0.05) is 25.2 Å². The number of fused-ring (bicyclic) bond motifs is 3. The smallest absolute Gasteiger partial charge is 0.303 e. The first-order chi connectivity index (χ1) is 10.9. The van der Waals surface area contributed by atoms with Gasteiger partial charge >= 0.3 is 11.9 Å². The van der Waals surface area contributed by atoms with Crippen molar-refractivity contribution in [2.24, 2.45) is 22.7 Å². The monoisotopic (exact) mass is 336 g/mol. The molecule has 3 saturated carbocycles. The summed E-state index contributed by atoms with van der Waals surface area (Å²) in [5.41, 5.74) is -0.966. The molecule has 0 radical (unpaired) electrons. The van der Waals surface area contributed by atoms with Crippen LogP contribution in [0.3, 0.4) is 0 Å². The Hall–Kier alpha value is -1.36. The number of carbonyl (C=O) groups excluding carboxylic acids is 2. The minimum atomic E-state index is -1.08. The molecule has 5 nitrogen and oxygen atoms in total. The van der Waals surface area contributed by atoms with Crippen molar-refractivity contribution in [1.29, 1.82) is 0 Å². The predicted octanol–water partition coefficient (Wildman–Crippen LogP) is 2.61. The van der Waals surface area contributed by atoms with Gasteiger partial charge < -0.3 is 14.6 Å². The largest absolute Gasteiger partial charge is 0.462 e. The Labute approximate surface area is 143 Å². The molecule has 3 rings (SSSR count). The van der Waals surface area contributed by atoms with Crippen molar-refractivity contribution >= 4 is 11.9 Å². The summed E-state index contributed by atoms with van der Waals surface area (Å²) >= 11 is 0. The van der Waals surface area contributed by atoms with Crippen molar-refractivity contribution in [1.82, 2.24) is 0 Å². The van der Waals surface area contributed by atoms with Gasteiger partial charge in [-0.25, -0.2) is 0 Å². The highest BCUT2D eigenvalue weighted by Gasteiger charge is 2.73. The molecule has 0 spiro atoms. The zero-order valence-electron chi connectivity index (χ0n) is 15.2. The number of carbonyl (C=O) groups is 2. The molecule has 134 valence electrons. The van der Waals surface area contributed by atoms with E-state index in [0.29, 0.717) is 12.0 Å². The van der Waals surface area contributed by atoms with Gasteiger partial charge in [0.15, 0.2) is 0 Å². The Morgan fingerprint density at radius 1 is 1.12 bits per heavy atom. The van der Waals surface area contributed by atoms with Gasteiger partial charge in [-0.2, -0.15) is 0 Å². The molecule has 1 N–H and O–H groups in total. The molecule has 0 aromatic heterocycles. The van der Waals surface area contributed by atoms with Gasteiger partial charge in [0.1, 0.15) is 12.2 Å². The number of rotatable bonds is 2. The molecule has 0 aliphatic heterocycles. The average molecular weight is 336 g/mol. The minimum Gasteiger partial charge on any atom is -0.462 e. The number of hydrogen-bond donors (Lipinski definition) is 1. The van der Waals surface area contributed by atoms with Gasteiger partial charge in [0.05, 0.1) is 5.60 Å². The maximum Gasteiger partial charge on any atom is 0.303 e. The van der Waals surface area contributed by atoms with Crippen LogP contribution in [0, 0.1) is 22.7 Å². The first-order valence-electron chi connectivity index (χ1n) is 8.69. The summed E-state index contributed by atoms with van der Waals surface area (Å²) in [6.45, 7) is 13.2. The fraction of sp³-hybridized carbons (Fsp3) is 0.789. The normalized spacial score (nSPS) is 45.7. The van der Waals surface area contributed by atoms with Crippen LogP contribution >= 0.6 is 0 Å². The summed E-state index contributed by atoms with van der Waals surface area (Å²) in [4.78, 5) is 22.9. The van der Waals surface area contributed by atoms with E-state index in [1.807, 2.05) is 0 Å². The summed E-state index contributed by atoms with van der Waals surface area (Å²) < 4.78 is 11.0. The van der Waals surface area contributed by atoms with Crippen molar-refractivity contribution in [3.05, 3.63) is 12.2 Å². The van der Waals surface area contributed by atoms with Crippen molar-refractivity contribution < 1.29 is 24.2 Å². The molecule has 0 amide bonds. The molecule has 3 aliphatic carbocycles. The standard InChI is InChI=1S/C19H28O5/c1-10-14(23-11(2)20)7-13-8-18(6)9-15(24-12(3)21)17(4,5)16(18)19(10,13)22/h13-16,22H,1,7-9H2,2-6H3. The number of hydrogen-bond acceptors (Lipinski definition) is 5. The Morgan fingerprint density at radius 3 is 2.25 bits per heavy atom. The van der Waals surface area contributed by atoms with E-state index in [0.717, 1.165) is 12.8 Å². The Bertz CT molecular complexity index is 609. The molecular formula is C19H28O5. The van der Waals surface area contributed by atoms with Crippen LogP contribution in [-0.2, 0) is 19.1 Å². The van der Waals surface area contributed by atoms with Crippen LogP contribution in [0.2, 0.25) is 0 Å². The highest BCUT2D eigenvalue weighted by atomic mass is 16.5. The van der Waals surface area contributed by atoms with E-state index in [2.05, 4.69) is 27.4 Å². The van der Waals surface area contributed by atoms with Gasteiger partial charge in [-0.05, 0) is 36.2 Å². The molecule has 3 fully saturated rings. The predicted molar refractivity (Wildman–Crippen MR) is 87.9 cm³/mol. The third-order valence-corrected chi connectivity index (χ3v) is 6.72. The molecule has 0 saturated heterocycles. The third-order valence-electron chi connectivity index (χ3n) is 6.72. The molecule has 6 unspecified atom stereocenters. The van der Waals surface area contributed by atoms with E-state index in [1.165, 1.54) is 13.8 Å². The summed E-state index contributed by atoms with van der Waals surface area (Å²) in [6.07, 6.45) is 1.54. The number of aliphatic hydroxyl groups is 1. The molecule has 0 aromatic carbocycles. The summed E-state index contributed by atoms with van der Waals surface area (Å²) in [5, 5.41) is 11.7. The van der Waals surface area contributed by atoms with E-state index < -0.39 is 11.7 Å². The average Bonchev–Trinajstić information content (AvgIpc) is 2.84. The first kappa shape index (κ1) is 17.5. The quantitative estimate of drug-likeness (QED) is 0.620. The number of esters is 2. The number of ether oxygens (including phenoxy) is 2. The lowest BCUT2D eigenvalue weighted by atomic mass is 9.66. The van der Waals surface area contributed by atoms with Crippen molar-refractivity contribution in [2.75, 3.05) is 0 Å². The lowest BCUT2D eigenvalue weighted by molar-refractivity contribution is -0.154. The molecule has 6 atom stereocenters. The second kappa shape index (κ2) is 5.07. The topological polar surface area (TPSA) is 72.8 Å². The molecule has 0 aromatic rings. The van der Waals surface area contributed by atoms with E-state index in [1.54, 1.807) is 0 Å². The molecule has 0 heterocycles. The molecule has 5 heteroatoms. The van der Waals surface area contributed by atoms with Crippen molar-refractivity contribution in [3.8, 4) is 0 Å². The van der Waals surface area contributed by atoms with Gasteiger partial charge in [0.2, 0.25) is 0 Å². The first-order valence-corrected chi connectivity index (χ1v) is 8.69. The molecule has 24 heavy (non-hydrogen) atoms. The SMILES string of the molecule is C=C1C(OC(C)=O)CC2CC3(C)CC(OC(C)=O)C(C)(C)C3C12O. The van der Waals surface area contributed by atoms with Crippen LogP contribution in [0.25, 0.3) is 0 Å². The van der Waals surface area contributed by atoms with Gasteiger partial charge in [0.25, 0.3) is 0 Å². The van der Waals surface area contributed by atoms with E-state index in [9.17, 15) is 14.7 Å². The van der Waals surface area contributed by atoms with Crippen LogP contribution in [0.5, 0.6) is 0 Å². The lowest BCUT2D eigenvalue weighted by Crippen LogP contribution is -2.48. The zero-order valence-corrected chi connectivity index (χ0v) is 15.2. The highest BCUT2D eigenvalue weighted by Crippen LogP contribution is 2.72. The maximum absolute atomic E-state index is 11.7. The van der Waals surface area contributed by atoms with E-state index in [-0.39, 0.29) is 40.7 Å². The van der Waals surface area contributed by atoms with Gasteiger partial charge in [-0.15, -0.1) is 0 Å².